The van der Waals surface area contributed by atoms with Crippen molar-refractivity contribution in [3.05, 3.63) is 36.7 Å². The van der Waals surface area contributed by atoms with Gasteiger partial charge >= 0.3 is 0 Å². The van der Waals surface area contributed by atoms with Crippen LogP contribution in [0.3, 0.4) is 0 Å². The molecule has 0 unspecified atom stereocenters. The van der Waals surface area contributed by atoms with Crippen molar-refractivity contribution in [3.8, 4) is 17.4 Å². The molecule has 2 aromatic rings. The minimum absolute atomic E-state index is 0.501. The van der Waals surface area contributed by atoms with E-state index in [2.05, 4.69) is 22.2 Å². The predicted octanol–water partition coefficient (Wildman–Crippen LogP) is 3.10. The second-order valence-corrected chi connectivity index (χ2v) is 3.91. The molecule has 1 aromatic carbocycles. The van der Waals surface area contributed by atoms with Crippen LogP contribution < -0.4 is 14.8 Å². The molecule has 0 atom stereocenters. The van der Waals surface area contributed by atoms with Gasteiger partial charge in [0, 0.05) is 13.1 Å². The largest absolute Gasteiger partial charge is 0.494 e. The van der Waals surface area contributed by atoms with E-state index in [0.717, 1.165) is 18.8 Å². The van der Waals surface area contributed by atoms with Crippen LogP contribution in [-0.4, -0.2) is 23.6 Å². The minimum atomic E-state index is 0.501. The standard InChI is InChI=1S/C14H17N3O2/c1-3-8-18-11-4-6-12(7-5-11)19-14-9-13(15-2)16-10-17-14/h4-7,9-10H,3,8H2,1-2H3,(H,15,16,17). The van der Waals surface area contributed by atoms with Crippen molar-refractivity contribution >= 4 is 5.82 Å². The van der Waals surface area contributed by atoms with Crippen molar-refractivity contribution in [2.75, 3.05) is 19.0 Å². The molecule has 0 saturated heterocycles. The van der Waals surface area contributed by atoms with E-state index in [-0.39, 0.29) is 0 Å². The van der Waals surface area contributed by atoms with Gasteiger partial charge in [-0.25, -0.2) is 9.97 Å². The van der Waals surface area contributed by atoms with Gasteiger partial charge in [-0.1, -0.05) is 6.92 Å². The van der Waals surface area contributed by atoms with Crippen LogP contribution in [0.5, 0.6) is 17.4 Å². The monoisotopic (exact) mass is 259 g/mol. The molecule has 0 aliphatic rings. The first-order valence-corrected chi connectivity index (χ1v) is 6.22. The molecule has 0 aliphatic heterocycles. The molecule has 5 nitrogen and oxygen atoms in total. The molecular formula is C14H17N3O2. The van der Waals surface area contributed by atoms with E-state index < -0.39 is 0 Å². The van der Waals surface area contributed by atoms with Crippen LogP contribution >= 0.6 is 0 Å². The van der Waals surface area contributed by atoms with Gasteiger partial charge in [-0.2, -0.15) is 0 Å². The summed E-state index contributed by atoms with van der Waals surface area (Å²) in [6.45, 7) is 2.80. The molecule has 1 heterocycles. The van der Waals surface area contributed by atoms with Gasteiger partial charge in [0.15, 0.2) is 0 Å². The van der Waals surface area contributed by atoms with E-state index in [1.807, 2.05) is 24.3 Å². The SMILES string of the molecule is CCCOc1ccc(Oc2cc(NC)ncn2)cc1. The Bertz CT molecular complexity index is 514. The number of aromatic nitrogens is 2. The van der Waals surface area contributed by atoms with E-state index in [1.54, 1.807) is 13.1 Å². The minimum Gasteiger partial charge on any atom is -0.494 e. The molecule has 19 heavy (non-hydrogen) atoms. The molecular weight excluding hydrogens is 242 g/mol. The Balaban J connectivity index is 2.02. The fourth-order valence-corrected chi connectivity index (χ4v) is 1.48. The molecule has 100 valence electrons. The van der Waals surface area contributed by atoms with Gasteiger partial charge in [0.1, 0.15) is 23.6 Å². The smallest absolute Gasteiger partial charge is 0.224 e. The van der Waals surface area contributed by atoms with E-state index in [4.69, 9.17) is 9.47 Å². The second-order valence-electron chi connectivity index (χ2n) is 3.91. The first kappa shape index (κ1) is 13.1. The molecule has 0 amide bonds. The Morgan fingerprint density at radius 1 is 1.11 bits per heavy atom. The molecule has 0 saturated carbocycles. The summed E-state index contributed by atoms with van der Waals surface area (Å²) in [5.74, 6) is 2.77. The zero-order chi connectivity index (χ0) is 13.5. The summed E-state index contributed by atoms with van der Waals surface area (Å²) in [6, 6.07) is 9.20. The van der Waals surface area contributed by atoms with Gasteiger partial charge in [0.25, 0.3) is 0 Å². The molecule has 5 heteroatoms. The lowest BCUT2D eigenvalue weighted by molar-refractivity contribution is 0.317. The lowest BCUT2D eigenvalue weighted by Gasteiger charge is -2.07. The molecule has 0 aliphatic carbocycles. The highest BCUT2D eigenvalue weighted by Gasteiger charge is 2.01. The summed E-state index contributed by atoms with van der Waals surface area (Å²) >= 11 is 0. The summed E-state index contributed by atoms with van der Waals surface area (Å²) in [5.41, 5.74) is 0. The molecule has 0 bridgehead atoms. The summed E-state index contributed by atoms with van der Waals surface area (Å²) in [6.07, 6.45) is 2.45. The van der Waals surface area contributed by atoms with Gasteiger partial charge in [-0.05, 0) is 30.7 Å². The van der Waals surface area contributed by atoms with Crippen molar-refractivity contribution < 1.29 is 9.47 Å². The molecule has 2 rings (SSSR count). The lowest BCUT2D eigenvalue weighted by atomic mass is 10.3. The van der Waals surface area contributed by atoms with E-state index in [0.29, 0.717) is 17.4 Å². The van der Waals surface area contributed by atoms with Crippen molar-refractivity contribution in [1.82, 2.24) is 9.97 Å². The van der Waals surface area contributed by atoms with Crippen LogP contribution in [0.2, 0.25) is 0 Å². The molecule has 0 fully saturated rings. The lowest BCUT2D eigenvalue weighted by Crippen LogP contribution is -1.96. The van der Waals surface area contributed by atoms with E-state index in [1.165, 1.54) is 6.33 Å². The highest BCUT2D eigenvalue weighted by molar-refractivity contribution is 5.39. The van der Waals surface area contributed by atoms with E-state index in [9.17, 15) is 0 Å². The Morgan fingerprint density at radius 2 is 1.84 bits per heavy atom. The maximum atomic E-state index is 5.63. The third-order valence-corrected chi connectivity index (χ3v) is 2.42. The molecule has 1 N–H and O–H groups in total. The average molecular weight is 259 g/mol. The number of benzene rings is 1. The molecule has 0 spiro atoms. The van der Waals surface area contributed by atoms with Gasteiger partial charge in [0.05, 0.1) is 6.61 Å². The summed E-state index contributed by atoms with van der Waals surface area (Å²) in [4.78, 5) is 8.08. The summed E-state index contributed by atoms with van der Waals surface area (Å²) in [7, 11) is 1.80. The van der Waals surface area contributed by atoms with Gasteiger partial charge in [0.2, 0.25) is 5.88 Å². The molecule has 1 aromatic heterocycles. The third kappa shape index (κ3) is 3.84. The topological polar surface area (TPSA) is 56.3 Å². The fourth-order valence-electron chi connectivity index (χ4n) is 1.48. The highest BCUT2D eigenvalue weighted by atomic mass is 16.5. The van der Waals surface area contributed by atoms with Crippen molar-refractivity contribution in [1.29, 1.82) is 0 Å². The average Bonchev–Trinajstić information content (AvgIpc) is 2.47. The third-order valence-electron chi connectivity index (χ3n) is 2.42. The Morgan fingerprint density at radius 3 is 2.53 bits per heavy atom. The van der Waals surface area contributed by atoms with Crippen LogP contribution in [0.1, 0.15) is 13.3 Å². The van der Waals surface area contributed by atoms with Gasteiger partial charge in [-0.3, -0.25) is 0 Å². The first-order valence-electron chi connectivity index (χ1n) is 6.22. The summed E-state index contributed by atoms with van der Waals surface area (Å²) in [5, 5.41) is 2.93. The number of anilines is 1. The zero-order valence-corrected chi connectivity index (χ0v) is 11.1. The zero-order valence-electron chi connectivity index (χ0n) is 11.1. The normalized spacial score (nSPS) is 10.0. The number of nitrogens with zero attached hydrogens (tertiary/aromatic N) is 2. The maximum absolute atomic E-state index is 5.63. The fraction of sp³-hybridized carbons (Fsp3) is 0.286. The quantitative estimate of drug-likeness (QED) is 0.863. The first-order chi connectivity index (χ1) is 9.31. The predicted molar refractivity (Wildman–Crippen MR) is 73.9 cm³/mol. The number of ether oxygens (including phenoxy) is 2. The Labute approximate surface area is 112 Å². The van der Waals surface area contributed by atoms with Crippen molar-refractivity contribution in [3.63, 3.8) is 0 Å². The van der Waals surface area contributed by atoms with Gasteiger partial charge < -0.3 is 14.8 Å². The van der Waals surface area contributed by atoms with Crippen LogP contribution in [0, 0.1) is 0 Å². The van der Waals surface area contributed by atoms with Crippen molar-refractivity contribution in [2.24, 2.45) is 0 Å². The van der Waals surface area contributed by atoms with E-state index >= 15 is 0 Å². The van der Waals surface area contributed by atoms with Crippen LogP contribution in [0.25, 0.3) is 0 Å². The molecule has 0 radical (unpaired) electrons. The number of hydrogen-bond acceptors (Lipinski definition) is 5. The number of hydrogen-bond donors (Lipinski definition) is 1. The Kier molecular flexibility index (Phi) is 4.55. The van der Waals surface area contributed by atoms with Crippen molar-refractivity contribution in [2.45, 2.75) is 13.3 Å². The number of nitrogens with one attached hydrogen (secondary N) is 1. The highest BCUT2D eigenvalue weighted by Crippen LogP contribution is 2.23. The maximum Gasteiger partial charge on any atom is 0.224 e. The van der Waals surface area contributed by atoms with Gasteiger partial charge in [-0.15, -0.1) is 0 Å². The van der Waals surface area contributed by atoms with Crippen LogP contribution in [0.15, 0.2) is 36.7 Å². The van der Waals surface area contributed by atoms with Crippen LogP contribution in [0.4, 0.5) is 5.82 Å². The number of rotatable bonds is 6. The Hall–Kier alpha value is -2.30. The summed E-state index contributed by atoms with van der Waals surface area (Å²) < 4.78 is 11.1. The second kappa shape index (κ2) is 6.58. The van der Waals surface area contributed by atoms with Crippen LogP contribution in [-0.2, 0) is 0 Å².